The van der Waals surface area contributed by atoms with Gasteiger partial charge in [0.15, 0.2) is 5.13 Å². The second-order valence-electron chi connectivity index (χ2n) is 7.00. The number of rotatable bonds is 10. The summed E-state index contributed by atoms with van der Waals surface area (Å²) in [7, 11) is 1.66. The van der Waals surface area contributed by atoms with E-state index in [1.807, 2.05) is 23.1 Å². The highest BCUT2D eigenvalue weighted by Crippen LogP contribution is 2.32. The number of methoxy groups -OCH3 is 1. The summed E-state index contributed by atoms with van der Waals surface area (Å²) in [6.07, 6.45) is 0. The smallest absolute Gasteiger partial charge is 0.239 e. The second-order valence-corrected chi connectivity index (χ2v) is 9.06. The van der Waals surface area contributed by atoms with E-state index in [4.69, 9.17) is 9.72 Å². The average Bonchev–Trinajstić information content (AvgIpc) is 3.19. The van der Waals surface area contributed by atoms with Gasteiger partial charge in [-0.3, -0.25) is 9.69 Å². The second kappa shape index (κ2) is 10.8. The van der Waals surface area contributed by atoms with Gasteiger partial charge in [0.05, 0.1) is 23.1 Å². The van der Waals surface area contributed by atoms with Gasteiger partial charge >= 0.3 is 0 Å². The summed E-state index contributed by atoms with van der Waals surface area (Å²) >= 11 is 3.11. The van der Waals surface area contributed by atoms with E-state index in [9.17, 15) is 4.79 Å². The average molecular weight is 444 g/mol. The number of aromatic nitrogens is 1. The lowest BCUT2D eigenvalue weighted by Gasteiger charge is -2.24. The standard InChI is InChI=1S/C23H29N3O2S2/c1-5-25(6-2)13-14-26(22(27)16-29-19-10-7-17(3)8-11-19)23-24-20-12-9-18(28-4)15-21(20)30-23/h7-12,15H,5-6,13-14,16H2,1-4H3. The van der Waals surface area contributed by atoms with E-state index in [1.165, 1.54) is 16.9 Å². The van der Waals surface area contributed by atoms with Gasteiger partial charge in [-0.15, -0.1) is 11.8 Å². The van der Waals surface area contributed by atoms with E-state index in [2.05, 4.69) is 49.9 Å². The first-order valence-electron chi connectivity index (χ1n) is 10.2. The predicted molar refractivity (Wildman–Crippen MR) is 128 cm³/mol. The fraction of sp³-hybridized carbons (Fsp3) is 0.391. The molecule has 0 spiro atoms. The van der Waals surface area contributed by atoms with Crippen LogP contribution >= 0.6 is 23.1 Å². The Morgan fingerprint density at radius 2 is 1.83 bits per heavy atom. The number of thioether (sulfide) groups is 1. The van der Waals surface area contributed by atoms with Crippen molar-refractivity contribution in [2.75, 3.05) is 43.9 Å². The quantitative estimate of drug-likeness (QED) is 0.409. The predicted octanol–water partition coefficient (Wildman–Crippen LogP) is 5.08. The highest BCUT2D eigenvalue weighted by atomic mass is 32.2. The third-order valence-corrected chi connectivity index (χ3v) is 7.07. The molecule has 1 aromatic heterocycles. The van der Waals surface area contributed by atoms with Crippen molar-refractivity contribution < 1.29 is 9.53 Å². The van der Waals surface area contributed by atoms with Gasteiger partial charge < -0.3 is 9.64 Å². The zero-order valence-electron chi connectivity index (χ0n) is 18.1. The minimum absolute atomic E-state index is 0.0822. The van der Waals surface area contributed by atoms with E-state index >= 15 is 0 Å². The first-order chi connectivity index (χ1) is 14.5. The molecule has 0 radical (unpaired) electrons. The number of nitrogens with zero attached hydrogens (tertiary/aromatic N) is 3. The number of hydrogen-bond acceptors (Lipinski definition) is 6. The van der Waals surface area contributed by atoms with Crippen molar-refractivity contribution >= 4 is 44.4 Å². The fourth-order valence-corrected chi connectivity index (χ4v) is 4.91. The molecule has 2 aromatic carbocycles. The van der Waals surface area contributed by atoms with Gasteiger partial charge in [-0.2, -0.15) is 0 Å². The van der Waals surface area contributed by atoms with Crippen molar-refractivity contribution in [3.05, 3.63) is 48.0 Å². The number of carbonyl (C=O) groups excluding carboxylic acids is 1. The maximum Gasteiger partial charge on any atom is 0.239 e. The Morgan fingerprint density at radius 3 is 2.50 bits per heavy atom. The van der Waals surface area contributed by atoms with Gasteiger partial charge in [0.25, 0.3) is 0 Å². The molecule has 160 valence electrons. The Kier molecular flexibility index (Phi) is 8.13. The van der Waals surface area contributed by atoms with E-state index in [0.717, 1.165) is 45.6 Å². The van der Waals surface area contributed by atoms with E-state index in [0.29, 0.717) is 12.3 Å². The van der Waals surface area contributed by atoms with Gasteiger partial charge in [0.2, 0.25) is 5.91 Å². The topological polar surface area (TPSA) is 45.7 Å². The summed E-state index contributed by atoms with van der Waals surface area (Å²) in [5.74, 6) is 1.27. The van der Waals surface area contributed by atoms with Crippen molar-refractivity contribution in [2.45, 2.75) is 25.7 Å². The lowest BCUT2D eigenvalue weighted by Crippen LogP contribution is -2.39. The molecule has 1 amide bonds. The number of aryl methyl sites for hydroxylation is 1. The lowest BCUT2D eigenvalue weighted by molar-refractivity contribution is -0.116. The van der Waals surface area contributed by atoms with Crippen LogP contribution in [0.3, 0.4) is 0 Å². The van der Waals surface area contributed by atoms with Gasteiger partial charge in [-0.25, -0.2) is 4.98 Å². The van der Waals surface area contributed by atoms with Crippen molar-refractivity contribution in [3.63, 3.8) is 0 Å². The number of likely N-dealkylation sites (N-methyl/N-ethyl adjacent to an activating group) is 1. The molecule has 3 rings (SSSR count). The number of ether oxygens (including phenoxy) is 1. The zero-order chi connectivity index (χ0) is 21.5. The van der Waals surface area contributed by atoms with Gasteiger partial charge in [0, 0.05) is 18.0 Å². The van der Waals surface area contributed by atoms with Gasteiger partial charge in [-0.05, 0) is 50.3 Å². The summed E-state index contributed by atoms with van der Waals surface area (Å²) < 4.78 is 6.36. The van der Waals surface area contributed by atoms with Crippen LogP contribution in [0, 0.1) is 6.92 Å². The summed E-state index contributed by atoms with van der Waals surface area (Å²) in [4.78, 5) is 23.2. The number of benzene rings is 2. The molecule has 0 saturated carbocycles. The van der Waals surface area contributed by atoms with Crippen LogP contribution in [0.1, 0.15) is 19.4 Å². The molecule has 0 N–H and O–H groups in total. The third kappa shape index (κ3) is 5.74. The van der Waals surface area contributed by atoms with Crippen molar-refractivity contribution in [1.82, 2.24) is 9.88 Å². The molecule has 5 nitrogen and oxygen atoms in total. The van der Waals surface area contributed by atoms with Crippen LogP contribution in [0.2, 0.25) is 0 Å². The maximum atomic E-state index is 13.2. The molecule has 0 fully saturated rings. The molecule has 1 heterocycles. The van der Waals surface area contributed by atoms with E-state index < -0.39 is 0 Å². The Labute approximate surface area is 187 Å². The lowest BCUT2D eigenvalue weighted by atomic mass is 10.2. The molecule has 3 aromatic rings. The molecule has 0 aliphatic heterocycles. The molecule has 0 aliphatic rings. The minimum Gasteiger partial charge on any atom is -0.497 e. The molecule has 0 bridgehead atoms. The van der Waals surface area contributed by atoms with Crippen LogP contribution in [0.5, 0.6) is 5.75 Å². The van der Waals surface area contributed by atoms with Crippen molar-refractivity contribution in [2.24, 2.45) is 0 Å². The molecule has 0 atom stereocenters. The van der Waals surface area contributed by atoms with Gasteiger partial charge in [0.1, 0.15) is 5.75 Å². The number of carbonyl (C=O) groups is 1. The molecular formula is C23H29N3O2S2. The summed E-state index contributed by atoms with van der Waals surface area (Å²) in [5, 5.41) is 0.750. The SMILES string of the molecule is CCN(CC)CCN(C(=O)CSc1ccc(C)cc1)c1nc2ccc(OC)cc2s1. The number of thiazole rings is 1. The van der Waals surface area contributed by atoms with Crippen LogP contribution < -0.4 is 9.64 Å². The zero-order valence-corrected chi connectivity index (χ0v) is 19.7. The molecule has 7 heteroatoms. The van der Waals surface area contributed by atoms with Crippen LogP contribution in [0.25, 0.3) is 10.2 Å². The highest BCUT2D eigenvalue weighted by Gasteiger charge is 2.21. The number of hydrogen-bond donors (Lipinski definition) is 0. The molecule has 0 unspecified atom stereocenters. The summed E-state index contributed by atoms with van der Waals surface area (Å²) in [6.45, 7) is 9.75. The third-order valence-electron chi connectivity index (χ3n) is 5.03. The molecule has 0 saturated heterocycles. The summed E-state index contributed by atoms with van der Waals surface area (Å²) in [5.41, 5.74) is 2.11. The van der Waals surface area contributed by atoms with Crippen LogP contribution in [-0.2, 0) is 4.79 Å². The van der Waals surface area contributed by atoms with Gasteiger partial charge in [-0.1, -0.05) is 42.9 Å². The molecule has 30 heavy (non-hydrogen) atoms. The summed E-state index contributed by atoms with van der Waals surface area (Å²) in [6, 6.07) is 14.1. The Morgan fingerprint density at radius 1 is 1.10 bits per heavy atom. The number of fused-ring (bicyclic) bond motifs is 1. The number of anilines is 1. The van der Waals surface area contributed by atoms with Crippen LogP contribution in [-0.4, -0.2) is 54.8 Å². The fourth-order valence-electron chi connectivity index (χ4n) is 3.10. The maximum absolute atomic E-state index is 13.2. The highest BCUT2D eigenvalue weighted by molar-refractivity contribution is 8.00. The van der Waals surface area contributed by atoms with Crippen LogP contribution in [0.15, 0.2) is 47.4 Å². The van der Waals surface area contributed by atoms with Crippen molar-refractivity contribution in [1.29, 1.82) is 0 Å². The minimum atomic E-state index is 0.0822. The first-order valence-corrected chi connectivity index (χ1v) is 12.0. The number of amides is 1. The van der Waals surface area contributed by atoms with E-state index in [-0.39, 0.29) is 5.91 Å². The first kappa shape index (κ1) is 22.6. The Hall–Kier alpha value is -2.09. The Bertz CT molecular complexity index is 968. The van der Waals surface area contributed by atoms with E-state index in [1.54, 1.807) is 18.9 Å². The van der Waals surface area contributed by atoms with Crippen LogP contribution in [0.4, 0.5) is 5.13 Å². The molecule has 0 aliphatic carbocycles. The molecular weight excluding hydrogens is 414 g/mol. The largest absolute Gasteiger partial charge is 0.497 e. The monoisotopic (exact) mass is 443 g/mol. The normalized spacial score (nSPS) is 11.2. The Balaban J connectivity index is 1.79. The van der Waals surface area contributed by atoms with Crippen molar-refractivity contribution in [3.8, 4) is 5.75 Å².